The fraction of sp³-hybridized carbons (Fsp3) is 0.500. The maximum Gasteiger partial charge on any atom is 0.318 e. The van der Waals surface area contributed by atoms with E-state index in [4.69, 9.17) is 16.5 Å². The fourth-order valence-corrected chi connectivity index (χ4v) is 1.34. The van der Waals surface area contributed by atoms with E-state index in [1.54, 1.807) is 12.2 Å². The van der Waals surface area contributed by atoms with E-state index in [1.165, 1.54) is 0 Å². The lowest BCUT2D eigenvalue weighted by Gasteiger charge is -2.26. The summed E-state index contributed by atoms with van der Waals surface area (Å²) in [6.07, 6.45) is 3.83. The number of hydrogen-bond acceptors (Lipinski definition) is 2. The van der Waals surface area contributed by atoms with Crippen molar-refractivity contribution in [2.24, 2.45) is 0 Å². The Kier molecular flexibility index (Phi) is 1.97. The first kappa shape index (κ1) is 7.29. The Hall–Kier alpha value is 0.180. The maximum absolute atomic E-state index is 10.1. The zero-order valence-corrected chi connectivity index (χ0v) is 6.26. The second-order valence-electron chi connectivity index (χ2n) is 1.76. The monoisotopic (exact) mass is 168 g/mol. The molecule has 9 heavy (non-hydrogen) atoms. The number of hydrogen-bond donors (Lipinski definition) is 1. The summed E-state index contributed by atoms with van der Waals surface area (Å²) in [6, 6.07) is 0. The van der Waals surface area contributed by atoms with Crippen molar-refractivity contribution in [3.63, 3.8) is 0 Å². The standard InChI is InChI=1S/C4H6ClO3P/c5-4(2-1-3-4)8-9(6)7/h1-2,9H,3H2,(H,6,7). The Labute approximate surface area is 58.2 Å². The average Bonchev–Trinajstić information content (AvgIpc) is 1.60. The fourth-order valence-electron chi connectivity index (χ4n) is 0.524. The van der Waals surface area contributed by atoms with Gasteiger partial charge in [-0.05, 0) is 6.08 Å². The first-order valence-corrected chi connectivity index (χ1v) is 4.05. The molecule has 2 unspecified atom stereocenters. The topological polar surface area (TPSA) is 46.5 Å². The van der Waals surface area contributed by atoms with Crippen molar-refractivity contribution in [3.05, 3.63) is 12.2 Å². The molecular formula is C4H6ClO3P. The van der Waals surface area contributed by atoms with Gasteiger partial charge in [-0.3, -0.25) is 9.09 Å². The van der Waals surface area contributed by atoms with Gasteiger partial charge in [0.15, 0.2) is 5.06 Å². The lowest BCUT2D eigenvalue weighted by atomic mass is 10.1. The molecule has 0 aromatic heterocycles. The van der Waals surface area contributed by atoms with E-state index in [-0.39, 0.29) is 0 Å². The summed E-state index contributed by atoms with van der Waals surface area (Å²) >= 11 is 5.56. The molecule has 2 atom stereocenters. The van der Waals surface area contributed by atoms with Crippen molar-refractivity contribution in [2.45, 2.75) is 11.5 Å². The minimum atomic E-state index is -2.89. The Morgan fingerprint density at radius 1 is 1.89 bits per heavy atom. The van der Waals surface area contributed by atoms with Crippen LogP contribution in [0.4, 0.5) is 0 Å². The van der Waals surface area contributed by atoms with E-state index >= 15 is 0 Å². The van der Waals surface area contributed by atoms with Crippen LogP contribution < -0.4 is 0 Å². The molecule has 1 rings (SSSR count). The minimum Gasteiger partial charge on any atom is -0.326 e. The third-order valence-electron chi connectivity index (χ3n) is 1.02. The molecule has 0 saturated carbocycles. The summed E-state index contributed by atoms with van der Waals surface area (Å²) in [4.78, 5) is 8.26. The second kappa shape index (κ2) is 2.43. The first-order valence-electron chi connectivity index (χ1n) is 2.41. The lowest BCUT2D eigenvalue weighted by Crippen LogP contribution is -2.24. The van der Waals surface area contributed by atoms with Crippen molar-refractivity contribution in [2.75, 3.05) is 0 Å². The first-order chi connectivity index (χ1) is 4.12. The van der Waals surface area contributed by atoms with Crippen molar-refractivity contribution < 1.29 is 14.0 Å². The normalized spacial score (nSPS) is 35.8. The predicted octanol–water partition coefficient (Wildman–Crippen LogP) is 1.28. The molecular weight excluding hydrogens is 162 g/mol. The molecule has 1 aliphatic carbocycles. The highest BCUT2D eigenvalue weighted by Gasteiger charge is 2.31. The second-order valence-corrected chi connectivity index (χ2v) is 3.14. The van der Waals surface area contributed by atoms with Gasteiger partial charge in [0.05, 0.1) is 0 Å². The molecule has 0 saturated heterocycles. The van der Waals surface area contributed by atoms with Gasteiger partial charge in [0.1, 0.15) is 0 Å². The largest absolute Gasteiger partial charge is 0.326 e. The molecule has 0 spiro atoms. The molecule has 0 radical (unpaired) electrons. The highest BCUT2D eigenvalue weighted by atomic mass is 35.5. The van der Waals surface area contributed by atoms with Gasteiger partial charge in [0.2, 0.25) is 0 Å². The molecule has 0 aliphatic heterocycles. The third kappa shape index (κ3) is 1.80. The summed E-state index contributed by atoms with van der Waals surface area (Å²) < 4.78 is 14.5. The van der Waals surface area contributed by atoms with E-state index in [2.05, 4.69) is 4.52 Å². The van der Waals surface area contributed by atoms with Crippen LogP contribution in [-0.4, -0.2) is 9.95 Å². The highest BCUT2D eigenvalue weighted by molar-refractivity contribution is 7.32. The summed E-state index contributed by atoms with van der Waals surface area (Å²) in [5, 5.41) is -0.981. The van der Waals surface area contributed by atoms with Crippen LogP contribution in [0.25, 0.3) is 0 Å². The van der Waals surface area contributed by atoms with Crippen molar-refractivity contribution >= 4 is 19.9 Å². The van der Waals surface area contributed by atoms with Crippen LogP contribution in [0, 0.1) is 0 Å². The SMILES string of the molecule is O=[PH](O)OC1(Cl)C=CC1. The van der Waals surface area contributed by atoms with Crippen molar-refractivity contribution in [1.29, 1.82) is 0 Å². The Morgan fingerprint density at radius 2 is 2.44 bits per heavy atom. The molecule has 0 aromatic carbocycles. The average molecular weight is 169 g/mol. The maximum atomic E-state index is 10.1. The van der Waals surface area contributed by atoms with E-state index in [0.717, 1.165) is 0 Å². The van der Waals surface area contributed by atoms with E-state index in [1.807, 2.05) is 0 Å². The summed E-state index contributed by atoms with van der Waals surface area (Å²) in [7, 11) is -2.89. The predicted molar refractivity (Wildman–Crippen MR) is 34.6 cm³/mol. The van der Waals surface area contributed by atoms with Crippen LogP contribution in [0.15, 0.2) is 12.2 Å². The summed E-state index contributed by atoms with van der Waals surface area (Å²) in [6.45, 7) is 0. The van der Waals surface area contributed by atoms with E-state index < -0.39 is 13.3 Å². The molecule has 0 aromatic rings. The molecule has 5 heteroatoms. The Balaban J connectivity index is 2.44. The van der Waals surface area contributed by atoms with Gasteiger partial charge >= 0.3 is 8.25 Å². The number of halogens is 1. The van der Waals surface area contributed by atoms with E-state index in [9.17, 15) is 4.57 Å². The molecule has 0 heterocycles. The quantitative estimate of drug-likeness (QED) is 0.384. The minimum absolute atomic E-state index is 0.505. The molecule has 52 valence electrons. The van der Waals surface area contributed by atoms with Gasteiger partial charge in [-0.15, -0.1) is 0 Å². The Bertz CT molecular complexity index is 169. The summed E-state index contributed by atoms with van der Waals surface area (Å²) in [5.41, 5.74) is 0. The van der Waals surface area contributed by atoms with Crippen molar-refractivity contribution in [3.8, 4) is 0 Å². The molecule has 0 bridgehead atoms. The zero-order chi connectivity index (χ0) is 6.91. The lowest BCUT2D eigenvalue weighted by molar-refractivity contribution is 0.180. The van der Waals surface area contributed by atoms with Gasteiger partial charge < -0.3 is 4.89 Å². The van der Waals surface area contributed by atoms with Gasteiger partial charge in [0.25, 0.3) is 0 Å². The summed E-state index contributed by atoms with van der Waals surface area (Å²) in [5.74, 6) is 0. The third-order valence-corrected chi connectivity index (χ3v) is 2.05. The zero-order valence-electron chi connectivity index (χ0n) is 4.50. The van der Waals surface area contributed by atoms with Crippen LogP contribution >= 0.6 is 19.9 Å². The van der Waals surface area contributed by atoms with Gasteiger partial charge in [0, 0.05) is 6.42 Å². The van der Waals surface area contributed by atoms with Gasteiger partial charge in [-0.25, -0.2) is 0 Å². The molecule has 3 nitrogen and oxygen atoms in total. The van der Waals surface area contributed by atoms with Crippen LogP contribution in [0.1, 0.15) is 6.42 Å². The Morgan fingerprint density at radius 3 is 2.56 bits per heavy atom. The van der Waals surface area contributed by atoms with E-state index in [0.29, 0.717) is 6.42 Å². The van der Waals surface area contributed by atoms with Crippen LogP contribution in [0.3, 0.4) is 0 Å². The molecule has 1 N–H and O–H groups in total. The highest BCUT2D eigenvalue weighted by Crippen LogP contribution is 2.38. The number of rotatable bonds is 2. The van der Waals surface area contributed by atoms with Gasteiger partial charge in [-0.2, -0.15) is 0 Å². The molecule has 0 amide bonds. The number of alkyl halides is 1. The van der Waals surface area contributed by atoms with Crippen LogP contribution in [0.2, 0.25) is 0 Å². The smallest absolute Gasteiger partial charge is 0.318 e. The van der Waals surface area contributed by atoms with Crippen LogP contribution in [0.5, 0.6) is 0 Å². The van der Waals surface area contributed by atoms with Crippen molar-refractivity contribution in [1.82, 2.24) is 0 Å². The molecule has 0 fully saturated rings. The van der Waals surface area contributed by atoms with Gasteiger partial charge in [-0.1, -0.05) is 17.7 Å². The molecule has 1 aliphatic rings. The van der Waals surface area contributed by atoms with Crippen LogP contribution in [-0.2, 0) is 9.09 Å².